The summed E-state index contributed by atoms with van der Waals surface area (Å²) in [5.41, 5.74) is 0. The molecule has 0 saturated heterocycles. The first-order chi connectivity index (χ1) is 8.75. The van der Waals surface area contributed by atoms with Gasteiger partial charge in [0.2, 0.25) is 0 Å². The average molecular weight is 252 g/mol. The molecule has 0 radical (unpaired) electrons. The fourth-order valence-electron chi connectivity index (χ4n) is 3.37. The van der Waals surface area contributed by atoms with Gasteiger partial charge >= 0.3 is 6.03 Å². The highest BCUT2D eigenvalue weighted by molar-refractivity contribution is 5.74. The van der Waals surface area contributed by atoms with E-state index >= 15 is 0 Å². The summed E-state index contributed by atoms with van der Waals surface area (Å²) in [6.07, 6.45) is 12.9. The highest BCUT2D eigenvalue weighted by atomic mass is 16.2. The van der Waals surface area contributed by atoms with E-state index in [0.717, 1.165) is 12.5 Å². The Morgan fingerprint density at radius 3 is 2.17 bits per heavy atom. The Balaban J connectivity index is 1.69. The molecule has 0 spiro atoms. The van der Waals surface area contributed by atoms with Crippen LogP contribution in [0.3, 0.4) is 0 Å². The van der Waals surface area contributed by atoms with Gasteiger partial charge in [0, 0.05) is 19.6 Å². The van der Waals surface area contributed by atoms with Crippen molar-refractivity contribution < 1.29 is 4.79 Å². The summed E-state index contributed by atoms with van der Waals surface area (Å²) < 4.78 is 0. The average Bonchev–Trinajstić information content (AvgIpc) is 2.41. The van der Waals surface area contributed by atoms with Gasteiger partial charge in [0.05, 0.1) is 0 Å². The number of rotatable bonds is 3. The molecule has 0 aromatic rings. The number of hydrogen-bond acceptors (Lipinski definition) is 1. The molecule has 2 amide bonds. The molecule has 2 rings (SSSR count). The Morgan fingerprint density at radius 1 is 1.00 bits per heavy atom. The first-order valence-corrected chi connectivity index (χ1v) is 7.77. The summed E-state index contributed by atoms with van der Waals surface area (Å²) in [5, 5.41) is 3.20. The molecule has 3 heteroatoms. The van der Waals surface area contributed by atoms with Gasteiger partial charge in [-0.15, -0.1) is 0 Å². The van der Waals surface area contributed by atoms with Crippen LogP contribution in [0.1, 0.15) is 64.2 Å². The van der Waals surface area contributed by atoms with E-state index in [2.05, 4.69) is 5.32 Å². The van der Waals surface area contributed by atoms with Gasteiger partial charge in [0.25, 0.3) is 0 Å². The summed E-state index contributed by atoms with van der Waals surface area (Å²) in [6.45, 7) is 0.943. The van der Waals surface area contributed by atoms with Crippen LogP contribution in [-0.4, -0.2) is 30.6 Å². The Morgan fingerprint density at radius 2 is 1.56 bits per heavy atom. The SMILES string of the molecule is CN(CC1CCCCC1)C(=O)NC1CCCCC1. The number of carbonyl (C=O) groups excluding carboxylic acids is 1. The van der Waals surface area contributed by atoms with Crippen LogP contribution in [0.5, 0.6) is 0 Å². The lowest BCUT2D eigenvalue weighted by Crippen LogP contribution is -2.45. The molecule has 0 heterocycles. The van der Waals surface area contributed by atoms with Gasteiger partial charge in [-0.3, -0.25) is 0 Å². The minimum absolute atomic E-state index is 0.146. The zero-order valence-corrected chi connectivity index (χ0v) is 11.8. The quantitative estimate of drug-likeness (QED) is 0.818. The van der Waals surface area contributed by atoms with E-state index in [9.17, 15) is 4.79 Å². The Kier molecular flexibility index (Phi) is 5.33. The second-order valence-corrected chi connectivity index (χ2v) is 6.17. The fraction of sp³-hybridized carbons (Fsp3) is 0.933. The van der Waals surface area contributed by atoms with Crippen molar-refractivity contribution in [2.45, 2.75) is 70.3 Å². The molecule has 104 valence electrons. The van der Waals surface area contributed by atoms with Crippen molar-refractivity contribution in [2.75, 3.05) is 13.6 Å². The van der Waals surface area contributed by atoms with E-state index in [1.807, 2.05) is 11.9 Å². The lowest BCUT2D eigenvalue weighted by Gasteiger charge is -2.30. The number of hydrogen-bond donors (Lipinski definition) is 1. The molecule has 0 aromatic carbocycles. The lowest BCUT2D eigenvalue weighted by atomic mass is 9.89. The molecule has 0 unspecified atom stereocenters. The first-order valence-electron chi connectivity index (χ1n) is 7.77. The summed E-state index contributed by atoms with van der Waals surface area (Å²) in [6, 6.07) is 0.576. The standard InChI is InChI=1S/C15H28N2O/c1-17(12-13-8-4-2-5-9-13)15(18)16-14-10-6-3-7-11-14/h13-14H,2-12H2,1H3,(H,16,18). The van der Waals surface area contributed by atoms with Crippen LogP contribution in [0.15, 0.2) is 0 Å². The highest BCUT2D eigenvalue weighted by Crippen LogP contribution is 2.24. The molecular weight excluding hydrogens is 224 g/mol. The molecule has 0 aromatic heterocycles. The second-order valence-electron chi connectivity index (χ2n) is 6.17. The lowest BCUT2D eigenvalue weighted by molar-refractivity contribution is 0.185. The van der Waals surface area contributed by atoms with Gasteiger partial charge in [-0.2, -0.15) is 0 Å². The second kappa shape index (κ2) is 7.01. The van der Waals surface area contributed by atoms with Crippen molar-refractivity contribution in [3.05, 3.63) is 0 Å². The van der Waals surface area contributed by atoms with Crippen molar-refractivity contribution in [2.24, 2.45) is 5.92 Å². The van der Waals surface area contributed by atoms with E-state index in [1.165, 1.54) is 64.2 Å². The third-order valence-corrected chi connectivity index (χ3v) is 4.54. The van der Waals surface area contributed by atoms with Crippen LogP contribution in [0.2, 0.25) is 0 Å². The number of urea groups is 1. The number of amides is 2. The number of nitrogens with zero attached hydrogens (tertiary/aromatic N) is 1. The van der Waals surface area contributed by atoms with Gasteiger partial charge < -0.3 is 10.2 Å². The van der Waals surface area contributed by atoms with E-state index in [0.29, 0.717) is 6.04 Å². The van der Waals surface area contributed by atoms with Crippen LogP contribution in [0.25, 0.3) is 0 Å². The Bertz CT molecular complexity index is 255. The van der Waals surface area contributed by atoms with Crippen molar-refractivity contribution >= 4 is 6.03 Å². The predicted octanol–water partition coefficient (Wildman–Crippen LogP) is 3.54. The number of nitrogens with one attached hydrogen (secondary N) is 1. The maximum Gasteiger partial charge on any atom is 0.317 e. The molecular formula is C15H28N2O. The maximum absolute atomic E-state index is 12.1. The minimum atomic E-state index is 0.146. The third kappa shape index (κ3) is 4.18. The molecule has 1 N–H and O–H groups in total. The number of carbonyl (C=O) groups is 1. The molecule has 2 aliphatic rings. The van der Waals surface area contributed by atoms with E-state index in [4.69, 9.17) is 0 Å². The van der Waals surface area contributed by atoms with E-state index < -0.39 is 0 Å². The molecule has 2 fully saturated rings. The van der Waals surface area contributed by atoms with Gasteiger partial charge in [-0.1, -0.05) is 38.5 Å². The van der Waals surface area contributed by atoms with Gasteiger partial charge in [-0.25, -0.2) is 4.79 Å². The molecule has 0 bridgehead atoms. The molecule has 2 saturated carbocycles. The van der Waals surface area contributed by atoms with Gasteiger partial charge in [-0.05, 0) is 31.6 Å². The molecule has 0 aliphatic heterocycles. The van der Waals surface area contributed by atoms with Crippen molar-refractivity contribution in [1.82, 2.24) is 10.2 Å². The smallest absolute Gasteiger partial charge is 0.317 e. The summed E-state index contributed by atoms with van der Waals surface area (Å²) in [7, 11) is 1.95. The van der Waals surface area contributed by atoms with Crippen LogP contribution >= 0.6 is 0 Å². The van der Waals surface area contributed by atoms with E-state index in [-0.39, 0.29) is 6.03 Å². The normalized spacial score (nSPS) is 22.7. The van der Waals surface area contributed by atoms with Crippen LogP contribution < -0.4 is 5.32 Å². The zero-order chi connectivity index (χ0) is 12.8. The van der Waals surface area contributed by atoms with Crippen molar-refractivity contribution in [3.63, 3.8) is 0 Å². The van der Waals surface area contributed by atoms with E-state index in [1.54, 1.807) is 0 Å². The summed E-state index contributed by atoms with van der Waals surface area (Å²) >= 11 is 0. The monoisotopic (exact) mass is 252 g/mol. The van der Waals surface area contributed by atoms with Crippen LogP contribution in [0, 0.1) is 5.92 Å². The van der Waals surface area contributed by atoms with Crippen molar-refractivity contribution in [1.29, 1.82) is 0 Å². The summed E-state index contributed by atoms with van der Waals surface area (Å²) in [4.78, 5) is 14.0. The molecule has 3 nitrogen and oxygen atoms in total. The zero-order valence-electron chi connectivity index (χ0n) is 11.8. The van der Waals surface area contributed by atoms with Crippen LogP contribution in [0.4, 0.5) is 4.79 Å². The summed E-state index contributed by atoms with van der Waals surface area (Å²) in [5.74, 6) is 0.737. The molecule has 18 heavy (non-hydrogen) atoms. The molecule has 0 atom stereocenters. The third-order valence-electron chi connectivity index (χ3n) is 4.54. The Hall–Kier alpha value is -0.730. The minimum Gasteiger partial charge on any atom is -0.335 e. The van der Waals surface area contributed by atoms with Gasteiger partial charge in [0.15, 0.2) is 0 Å². The highest BCUT2D eigenvalue weighted by Gasteiger charge is 2.21. The maximum atomic E-state index is 12.1. The topological polar surface area (TPSA) is 32.3 Å². The fourth-order valence-corrected chi connectivity index (χ4v) is 3.37. The molecule has 2 aliphatic carbocycles. The van der Waals surface area contributed by atoms with Crippen molar-refractivity contribution in [3.8, 4) is 0 Å². The predicted molar refractivity (Wildman–Crippen MR) is 74.6 cm³/mol. The van der Waals surface area contributed by atoms with Gasteiger partial charge in [0.1, 0.15) is 0 Å². The van der Waals surface area contributed by atoms with Crippen LogP contribution in [-0.2, 0) is 0 Å². The largest absolute Gasteiger partial charge is 0.335 e. The Labute approximate surface area is 111 Å². The first kappa shape index (κ1) is 13.7.